The highest BCUT2D eigenvalue weighted by atomic mass is 35.5. The molecule has 0 amide bonds. The van der Waals surface area contributed by atoms with Gasteiger partial charge in [-0.05, 0) is 56.1 Å². The summed E-state index contributed by atoms with van der Waals surface area (Å²) in [5.41, 5.74) is 3.25. The molecule has 2 aromatic carbocycles. The van der Waals surface area contributed by atoms with Crippen LogP contribution in [0.25, 0.3) is 10.9 Å². The number of fused-ring (bicyclic) bond motifs is 1. The summed E-state index contributed by atoms with van der Waals surface area (Å²) in [6, 6.07) is 16.3. The molecule has 5 heteroatoms. The van der Waals surface area contributed by atoms with Crippen molar-refractivity contribution in [2.75, 3.05) is 19.0 Å². The molecule has 2 N–H and O–H groups in total. The number of pyridine rings is 1. The smallest absolute Gasteiger partial charge is 0.121 e. The number of methoxy groups -OCH3 is 1. The number of aromatic nitrogens is 1. The van der Waals surface area contributed by atoms with Gasteiger partial charge in [0.25, 0.3) is 0 Å². The van der Waals surface area contributed by atoms with Crippen molar-refractivity contribution in [3.63, 3.8) is 0 Å². The Bertz CT molecular complexity index is 867. The van der Waals surface area contributed by atoms with E-state index in [1.807, 2.05) is 36.5 Å². The van der Waals surface area contributed by atoms with Crippen LogP contribution < -0.4 is 15.4 Å². The third kappa shape index (κ3) is 5.59. The van der Waals surface area contributed by atoms with Crippen LogP contribution in [0.5, 0.6) is 5.75 Å². The zero-order valence-corrected chi connectivity index (χ0v) is 16.6. The molecule has 3 rings (SSSR count). The molecule has 0 bridgehead atoms. The first kappa shape index (κ1) is 19.5. The summed E-state index contributed by atoms with van der Waals surface area (Å²) < 4.78 is 5.42. The highest BCUT2D eigenvalue weighted by Gasteiger charge is 2.09. The van der Waals surface area contributed by atoms with Crippen LogP contribution in [0.1, 0.15) is 25.3 Å². The van der Waals surface area contributed by atoms with Crippen LogP contribution >= 0.6 is 11.6 Å². The van der Waals surface area contributed by atoms with E-state index in [-0.39, 0.29) is 0 Å². The maximum Gasteiger partial charge on any atom is 0.121 e. The maximum absolute atomic E-state index is 5.91. The largest absolute Gasteiger partial charge is 0.497 e. The first-order valence-electron chi connectivity index (χ1n) is 9.30. The molecule has 0 fully saturated rings. The van der Waals surface area contributed by atoms with Gasteiger partial charge in [-0.2, -0.15) is 0 Å². The molecule has 142 valence electrons. The molecule has 0 aliphatic heterocycles. The predicted molar refractivity (Wildman–Crippen MR) is 114 cm³/mol. The molecule has 0 aliphatic rings. The second kappa shape index (κ2) is 9.58. The Hall–Kier alpha value is -2.30. The fraction of sp³-hybridized carbons (Fsp3) is 0.318. The molecule has 1 atom stereocenters. The lowest BCUT2D eigenvalue weighted by atomic mass is 10.1. The van der Waals surface area contributed by atoms with Gasteiger partial charge in [-0.3, -0.25) is 4.98 Å². The highest BCUT2D eigenvalue weighted by Crippen LogP contribution is 2.28. The van der Waals surface area contributed by atoms with E-state index < -0.39 is 0 Å². The van der Waals surface area contributed by atoms with Gasteiger partial charge >= 0.3 is 0 Å². The van der Waals surface area contributed by atoms with Crippen LogP contribution in [0.2, 0.25) is 5.02 Å². The van der Waals surface area contributed by atoms with Crippen molar-refractivity contribution in [2.24, 2.45) is 0 Å². The lowest BCUT2D eigenvalue weighted by Gasteiger charge is -2.17. The van der Waals surface area contributed by atoms with E-state index in [0.717, 1.165) is 53.3 Å². The Labute approximate surface area is 165 Å². The minimum Gasteiger partial charge on any atom is -0.497 e. The van der Waals surface area contributed by atoms with E-state index in [1.165, 1.54) is 5.56 Å². The van der Waals surface area contributed by atoms with E-state index in [9.17, 15) is 0 Å². The van der Waals surface area contributed by atoms with E-state index in [0.29, 0.717) is 6.04 Å². The minimum atomic E-state index is 0.347. The van der Waals surface area contributed by atoms with Crippen molar-refractivity contribution in [1.82, 2.24) is 10.3 Å². The van der Waals surface area contributed by atoms with Gasteiger partial charge in [0.15, 0.2) is 0 Å². The molecule has 1 heterocycles. The topological polar surface area (TPSA) is 46.2 Å². The normalized spacial score (nSPS) is 12.1. The van der Waals surface area contributed by atoms with E-state index in [1.54, 1.807) is 7.11 Å². The van der Waals surface area contributed by atoms with Crippen LogP contribution in [0, 0.1) is 0 Å². The minimum absolute atomic E-state index is 0.347. The number of rotatable bonds is 9. The Morgan fingerprint density at radius 3 is 2.74 bits per heavy atom. The number of hydrogen-bond donors (Lipinski definition) is 2. The van der Waals surface area contributed by atoms with Gasteiger partial charge in [-0.15, -0.1) is 0 Å². The Morgan fingerprint density at radius 1 is 1.15 bits per heavy atom. The monoisotopic (exact) mass is 383 g/mol. The molecule has 1 unspecified atom stereocenters. The summed E-state index contributed by atoms with van der Waals surface area (Å²) in [7, 11) is 1.69. The fourth-order valence-corrected chi connectivity index (χ4v) is 3.22. The van der Waals surface area contributed by atoms with Gasteiger partial charge in [-0.25, -0.2) is 0 Å². The molecular formula is C22H26ClN3O. The number of hydrogen-bond acceptors (Lipinski definition) is 4. The molecule has 0 aliphatic carbocycles. The van der Waals surface area contributed by atoms with Crippen LogP contribution in [-0.4, -0.2) is 24.7 Å². The summed E-state index contributed by atoms with van der Waals surface area (Å²) in [6.45, 7) is 4.04. The zero-order chi connectivity index (χ0) is 19.1. The summed E-state index contributed by atoms with van der Waals surface area (Å²) in [4.78, 5) is 4.52. The fourth-order valence-electron chi connectivity index (χ4n) is 3.10. The van der Waals surface area contributed by atoms with Crippen molar-refractivity contribution in [1.29, 1.82) is 0 Å². The average molecular weight is 384 g/mol. The molecule has 0 saturated heterocycles. The van der Waals surface area contributed by atoms with Crippen LogP contribution in [0.4, 0.5) is 5.69 Å². The second-order valence-corrected chi connectivity index (χ2v) is 7.18. The lowest BCUT2D eigenvalue weighted by Crippen LogP contribution is -2.20. The van der Waals surface area contributed by atoms with Gasteiger partial charge in [0.1, 0.15) is 5.75 Å². The number of halogens is 1. The molecule has 0 spiro atoms. The van der Waals surface area contributed by atoms with Gasteiger partial charge in [-0.1, -0.05) is 29.8 Å². The number of anilines is 1. The zero-order valence-electron chi connectivity index (χ0n) is 15.8. The maximum atomic E-state index is 5.91. The van der Waals surface area contributed by atoms with Crippen molar-refractivity contribution in [3.8, 4) is 5.75 Å². The summed E-state index contributed by atoms with van der Waals surface area (Å²) in [6.07, 6.45) is 3.99. The first-order valence-corrected chi connectivity index (χ1v) is 9.68. The summed E-state index contributed by atoms with van der Waals surface area (Å²) in [5.74, 6) is 0.842. The van der Waals surface area contributed by atoms with Crippen LogP contribution in [0.3, 0.4) is 0 Å². The lowest BCUT2D eigenvalue weighted by molar-refractivity contribution is 0.415. The number of nitrogens with zero attached hydrogens (tertiary/aromatic N) is 1. The van der Waals surface area contributed by atoms with Gasteiger partial charge in [0.2, 0.25) is 0 Å². The van der Waals surface area contributed by atoms with Gasteiger partial charge < -0.3 is 15.4 Å². The molecule has 3 aromatic rings. The van der Waals surface area contributed by atoms with E-state index in [2.05, 4.69) is 40.7 Å². The van der Waals surface area contributed by atoms with Crippen LogP contribution in [-0.2, 0) is 6.54 Å². The average Bonchev–Trinajstić information content (AvgIpc) is 2.69. The number of benzene rings is 2. The van der Waals surface area contributed by atoms with Gasteiger partial charge in [0.05, 0.1) is 18.3 Å². The molecule has 0 saturated carbocycles. The van der Waals surface area contributed by atoms with Crippen molar-refractivity contribution in [2.45, 2.75) is 32.4 Å². The summed E-state index contributed by atoms with van der Waals surface area (Å²) in [5, 5.41) is 8.93. The molecule has 4 nitrogen and oxygen atoms in total. The summed E-state index contributed by atoms with van der Waals surface area (Å²) >= 11 is 5.91. The first-order chi connectivity index (χ1) is 13.2. The third-order valence-corrected chi connectivity index (χ3v) is 4.80. The molecule has 1 aromatic heterocycles. The SMILES string of the molecule is COc1cc(NC(C)CCCNCc2ccc(Cl)cc2)c2ncccc2c1. The molecule has 27 heavy (non-hydrogen) atoms. The second-order valence-electron chi connectivity index (χ2n) is 6.74. The van der Waals surface area contributed by atoms with Crippen LogP contribution in [0.15, 0.2) is 54.7 Å². The van der Waals surface area contributed by atoms with Crippen molar-refractivity contribution in [3.05, 3.63) is 65.3 Å². The van der Waals surface area contributed by atoms with E-state index >= 15 is 0 Å². The Kier molecular flexibility index (Phi) is 6.91. The Morgan fingerprint density at radius 2 is 1.96 bits per heavy atom. The Balaban J connectivity index is 1.48. The standard InChI is InChI=1S/C22H26ClN3O/c1-16(5-3-11-24-15-17-7-9-19(23)10-8-17)26-21-14-20(27-2)13-18-6-4-12-25-22(18)21/h4,6-10,12-14,16,24,26H,3,5,11,15H2,1-2H3. The quantitative estimate of drug-likeness (QED) is 0.494. The van der Waals surface area contributed by atoms with Gasteiger partial charge in [0, 0.05) is 35.3 Å². The molecular weight excluding hydrogens is 358 g/mol. The molecule has 0 radical (unpaired) electrons. The van der Waals surface area contributed by atoms with Crippen molar-refractivity contribution < 1.29 is 4.74 Å². The highest BCUT2D eigenvalue weighted by molar-refractivity contribution is 6.30. The predicted octanol–water partition coefficient (Wildman–Crippen LogP) is 5.27. The third-order valence-electron chi connectivity index (χ3n) is 4.55. The van der Waals surface area contributed by atoms with Crippen molar-refractivity contribution >= 4 is 28.2 Å². The van der Waals surface area contributed by atoms with E-state index in [4.69, 9.17) is 16.3 Å². The number of nitrogens with one attached hydrogen (secondary N) is 2. The number of ether oxygens (including phenoxy) is 1.